The van der Waals surface area contributed by atoms with Gasteiger partial charge in [-0.1, -0.05) is 92.1 Å². The van der Waals surface area contributed by atoms with E-state index in [0.717, 1.165) is 99.2 Å². The number of aliphatic hydroxyl groups is 3. The van der Waals surface area contributed by atoms with Crippen LogP contribution < -0.4 is 10.4 Å². The summed E-state index contributed by atoms with van der Waals surface area (Å²) in [5, 5.41) is 35.1. The third-order valence-electron chi connectivity index (χ3n) is 14.5. The number of H-pyrrole nitrogens is 2. The molecule has 0 aromatic carbocycles. The van der Waals surface area contributed by atoms with Crippen molar-refractivity contribution >= 4 is 51.2 Å². The molecule has 0 fully saturated rings. The number of carbonyl (C=O) groups excluding carboxylic acids is 1. The maximum Gasteiger partial charge on any atom is 0.306 e. The van der Waals surface area contributed by atoms with E-state index in [0.29, 0.717) is 33.6 Å². The average molecular weight is 877 g/mol. The summed E-state index contributed by atoms with van der Waals surface area (Å²) in [5.41, 5.74) is 11.8. The molecule has 2 aliphatic heterocycles. The van der Waals surface area contributed by atoms with Gasteiger partial charge < -0.3 is 34.8 Å². The fourth-order valence-corrected chi connectivity index (χ4v) is 10.3. The van der Waals surface area contributed by atoms with Gasteiger partial charge in [0.2, 0.25) is 0 Å². The predicted octanol–water partition coefficient (Wildman–Crippen LogP) is 11.9. The van der Waals surface area contributed by atoms with E-state index in [1.54, 1.807) is 0 Å². The Hall–Kier alpha value is -4.67. The van der Waals surface area contributed by atoms with Gasteiger partial charge in [-0.2, -0.15) is 0 Å². The SMILES string of the molecule is CCC1=C(C)c2cc3[nH]c(cc4nc(c5c6[nH]c(cc1n2)c(C)c6=C(O)[C@@H]5C(O)OC)[C@@H](CCC(=O)OC/C=C(\C)CCC[C@H](C)CCC[C@H](C)CCCC(C)C)[C@@H]4C)c(C)c3=CO. The van der Waals surface area contributed by atoms with Gasteiger partial charge in [-0.3, -0.25) is 9.78 Å². The van der Waals surface area contributed by atoms with Crippen LogP contribution in [-0.2, 0) is 14.3 Å². The van der Waals surface area contributed by atoms with Crippen LogP contribution in [0.4, 0.5) is 0 Å². The number of methoxy groups -OCH3 is 1. The fourth-order valence-electron chi connectivity index (χ4n) is 10.3. The summed E-state index contributed by atoms with van der Waals surface area (Å²) in [4.78, 5) is 31.0. The van der Waals surface area contributed by atoms with Crippen molar-refractivity contribution in [2.24, 2.45) is 17.8 Å². The predicted molar refractivity (Wildman–Crippen MR) is 261 cm³/mol. The van der Waals surface area contributed by atoms with Crippen molar-refractivity contribution in [3.8, 4) is 0 Å². The first-order valence-corrected chi connectivity index (χ1v) is 24.1. The number of aryl methyl sites for hydroxylation is 2. The van der Waals surface area contributed by atoms with E-state index in [-0.39, 0.29) is 36.6 Å². The molecule has 3 aromatic rings. The van der Waals surface area contributed by atoms with E-state index in [1.807, 2.05) is 38.1 Å². The fraction of sp³-hybridized carbons (Fsp3) is 0.574. The molecule has 10 nitrogen and oxygen atoms in total. The van der Waals surface area contributed by atoms with Crippen LogP contribution in [0.1, 0.15) is 190 Å². The first-order chi connectivity index (χ1) is 30.6. The third-order valence-corrected chi connectivity index (χ3v) is 14.5. The second-order valence-electron chi connectivity index (χ2n) is 19.7. The molecule has 0 amide bonds. The minimum atomic E-state index is -1.35. The second kappa shape index (κ2) is 21.5. The Bertz CT molecular complexity index is 2520. The lowest BCUT2D eigenvalue weighted by Crippen LogP contribution is -2.23. The van der Waals surface area contributed by atoms with Crippen LogP contribution in [0.2, 0.25) is 0 Å². The lowest BCUT2D eigenvalue weighted by molar-refractivity contribution is -0.142. The Kier molecular flexibility index (Phi) is 16.4. The smallest absolute Gasteiger partial charge is 0.306 e. The van der Waals surface area contributed by atoms with Crippen LogP contribution in [0.25, 0.3) is 45.2 Å². The number of allylic oxidation sites excluding steroid dienone is 3. The Labute approximate surface area is 381 Å². The number of carbonyl (C=O) groups is 1. The maximum atomic E-state index is 13.4. The number of aliphatic hydroxyl groups excluding tert-OH is 3. The number of ether oxygens (including phenoxy) is 2. The van der Waals surface area contributed by atoms with Crippen LogP contribution >= 0.6 is 0 Å². The lowest BCUT2D eigenvalue weighted by Gasteiger charge is -2.23. The van der Waals surface area contributed by atoms with E-state index in [2.05, 4.69) is 65.4 Å². The van der Waals surface area contributed by atoms with Gasteiger partial charge in [0.05, 0.1) is 40.3 Å². The normalized spacial score (nSPS) is 19.3. The Morgan fingerprint density at radius 3 is 2.19 bits per heavy atom. The number of hydrogen-bond acceptors (Lipinski definition) is 8. The van der Waals surface area contributed by atoms with Gasteiger partial charge in [-0.15, -0.1) is 0 Å². The molecule has 0 saturated heterocycles. The van der Waals surface area contributed by atoms with Gasteiger partial charge in [-0.25, -0.2) is 4.98 Å². The largest absolute Gasteiger partial charge is 0.515 e. The quantitative estimate of drug-likeness (QED) is 0.0427. The number of aromatic amines is 2. The molecule has 5 N–H and O–H groups in total. The van der Waals surface area contributed by atoms with Crippen molar-refractivity contribution in [2.45, 2.75) is 170 Å². The average Bonchev–Trinajstić information content (AvgIpc) is 3.99. The molecule has 1 unspecified atom stereocenters. The minimum Gasteiger partial charge on any atom is -0.515 e. The number of nitrogens with zero attached hydrogens (tertiary/aromatic N) is 2. The summed E-state index contributed by atoms with van der Waals surface area (Å²) < 4.78 is 11.3. The van der Waals surface area contributed by atoms with Crippen LogP contribution in [0.15, 0.2) is 29.8 Å². The molecule has 6 rings (SSSR count). The first-order valence-electron chi connectivity index (χ1n) is 24.1. The van der Waals surface area contributed by atoms with E-state index in [1.165, 1.54) is 57.6 Å². The zero-order valence-electron chi connectivity index (χ0n) is 40.6. The molecule has 0 saturated carbocycles. The van der Waals surface area contributed by atoms with E-state index in [4.69, 9.17) is 19.4 Å². The van der Waals surface area contributed by atoms with Crippen molar-refractivity contribution in [1.29, 1.82) is 0 Å². The zero-order chi connectivity index (χ0) is 46.4. The number of nitrogens with one attached hydrogen (secondary N) is 2. The van der Waals surface area contributed by atoms with Gasteiger partial charge in [0, 0.05) is 58.1 Å². The van der Waals surface area contributed by atoms with Crippen molar-refractivity contribution < 1.29 is 29.6 Å². The number of hydrogen-bond donors (Lipinski definition) is 5. The van der Waals surface area contributed by atoms with Crippen molar-refractivity contribution in [1.82, 2.24) is 19.9 Å². The summed E-state index contributed by atoms with van der Waals surface area (Å²) in [6, 6.07) is 6.01. The van der Waals surface area contributed by atoms with Gasteiger partial charge in [0.15, 0.2) is 6.29 Å². The summed E-state index contributed by atoms with van der Waals surface area (Å²) in [6.07, 6.45) is 14.5. The second-order valence-corrected chi connectivity index (χ2v) is 19.7. The van der Waals surface area contributed by atoms with Gasteiger partial charge in [-0.05, 0) is 118 Å². The summed E-state index contributed by atoms with van der Waals surface area (Å²) in [6.45, 7) is 22.0. The van der Waals surface area contributed by atoms with E-state index >= 15 is 0 Å². The highest BCUT2D eigenvalue weighted by Gasteiger charge is 2.41. The van der Waals surface area contributed by atoms with Crippen molar-refractivity contribution in [3.63, 3.8) is 0 Å². The molecule has 3 aromatic heterocycles. The Morgan fingerprint density at radius 1 is 0.875 bits per heavy atom. The van der Waals surface area contributed by atoms with Crippen molar-refractivity contribution in [2.75, 3.05) is 13.7 Å². The van der Waals surface area contributed by atoms with Gasteiger partial charge in [0.1, 0.15) is 12.4 Å². The topological polar surface area (TPSA) is 154 Å². The monoisotopic (exact) mass is 877 g/mol. The van der Waals surface area contributed by atoms with Crippen LogP contribution in [0, 0.1) is 31.6 Å². The van der Waals surface area contributed by atoms with E-state index < -0.39 is 12.2 Å². The van der Waals surface area contributed by atoms with Crippen molar-refractivity contribution in [3.05, 3.63) is 79.8 Å². The highest BCUT2D eigenvalue weighted by Crippen LogP contribution is 2.46. The van der Waals surface area contributed by atoms with Gasteiger partial charge in [0.25, 0.3) is 0 Å². The summed E-state index contributed by atoms with van der Waals surface area (Å²) >= 11 is 0. The molecule has 10 heteroatoms. The number of fused-ring (bicyclic) bond motifs is 8. The standard InChI is InChI=1S/C54H76N4O6/c1-12-38-34(7)42-27-46-40(29-59)36(9)41(56-46)26-43-35(8)39(51(57-43)49-50(54(62)63-11)53(61)48-37(10)44(58-52(48)49)28-45(38)55-42)22-23-47(60)64-25-24-33(6)21-15-20-32(5)19-14-18-31(4)17-13-16-30(2)3/h24,26-32,35,39,50,54,56,58-59,61-62H,12-23,25H2,1-11H3/b33-24+,40-29?,43-26?,45-28?,46-27?/t31-,32-,35+,39+,50-,54?/m1/s1. The molecule has 8 bridgehead atoms. The summed E-state index contributed by atoms with van der Waals surface area (Å²) in [5.74, 6) is 0.769. The molecular formula is C54H76N4O6. The summed E-state index contributed by atoms with van der Waals surface area (Å²) in [7, 11) is 1.42. The lowest BCUT2D eigenvalue weighted by atomic mass is 9.83. The molecule has 1 aliphatic carbocycles. The molecule has 5 heterocycles. The minimum absolute atomic E-state index is 0.0123. The van der Waals surface area contributed by atoms with E-state index in [9.17, 15) is 20.1 Å². The number of rotatable bonds is 20. The first kappa shape index (κ1) is 48.8. The third kappa shape index (κ3) is 10.7. The number of aromatic nitrogens is 4. The number of esters is 1. The maximum absolute atomic E-state index is 13.4. The zero-order valence-corrected chi connectivity index (χ0v) is 40.6. The van der Waals surface area contributed by atoms with Crippen LogP contribution in [0.5, 0.6) is 0 Å². The van der Waals surface area contributed by atoms with Gasteiger partial charge >= 0.3 is 5.97 Å². The molecule has 64 heavy (non-hydrogen) atoms. The molecule has 0 spiro atoms. The molecule has 348 valence electrons. The van der Waals surface area contributed by atoms with Crippen LogP contribution in [0.3, 0.4) is 0 Å². The molecule has 6 atom stereocenters. The Balaban J connectivity index is 1.24. The highest BCUT2D eigenvalue weighted by atomic mass is 16.6. The molecular weight excluding hydrogens is 801 g/mol. The highest BCUT2D eigenvalue weighted by molar-refractivity contribution is 5.93. The molecule has 3 aliphatic rings. The van der Waals surface area contributed by atoms with Crippen LogP contribution in [-0.4, -0.2) is 61.2 Å². The Morgan fingerprint density at radius 2 is 1.53 bits per heavy atom. The molecule has 0 radical (unpaired) electrons.